The molecule has 1 aliphatic rings. The van der Waals surface area contributed by atoms with E-state index < -0.39 is 0 Å². The van der Waals surface area contributed by atoms with Gasteiger partial charge in [-0.05, 0) is 58.8 Å². The van der Waals surface area contributed by atoms with Gasteiger partial charge in [0.2, 0.25) is 0 Å². The maximum atomic E-state index is 5.60. The molecule has 0 aromatic carbocycles. The number of guanidine groups is 1. The van der Waals surface area contributed by atoms with Gasteiger partial charge in [0, 0.05) is 45.9 Å². The first kappa shape index (κ1) is 25.9. The Morgan fingerprint density at radius 1 is 1.12 bits per heavy atom. The quantitative estimate of drug-likeness (QED) is 0.204. The highest BCUT2D eigenvalue weighted by Crippen LogP contribution is 2.01. The minimum absolute atomic E-state index is 0. The lowest BCUT2D eigenvalue weighted by molar-refractivity contribution is 0.109. The summed E-state index contributed by atoms with van der Waals surface area (Å²) >= 11 is 0. The first-order valence-electron chi connectivity index (χ1n) is 10.1. The van der Waals surface area contributed by atoms with Gasteiger partial charge in [-0.2, -0.15) is 0 Å². The highest BCUT2D eigenvalue weighted by molar-refractivity contribution is 14.0. The van der Waals surface area contributed by atoms with Crippen molar-refractivity contribution >= 4 is 29.9 Å². The first-order valence-corrected chi connectivity index (χ1v) is 10.1. The fourth-order valence-electron chi connectivity index (χ4n) is 2.85. The van der Waals surface area contributed by atoms with Crippen LogP contribution in [0.5, 0.6) is 0 Å². The molecule has 6 nitrogen and oxygen atoms in total. The fourth-order valence-corrected chi connectivity index (χ4v) is 2.85. The minimum Gasteiger partial charge on any atom is -0.381 e. The maximum Gasteiger partial charge on any atom is 0.191 e. The number of ether oxygens (including phenoxy) is 1. The van der Waals surface area contributed by atoms with Gasteiger partial charge in [-0.3, -0.25) is 4.99 Å². The zero-order valence-electron chi connectivity index (χ0n) is 17.4. The average Bonchev–Trinajstić information content (AvgIpc) is 2.78. The Morgan fingerprint density at radius 2 is 1.92 bits per heavy atom. The van der Waals surface area contributed by atoms with Crippen molar-refractivity contribution in [3.8, 4) is 0 Å². The predicted octanol–water partition coefficient (Wildman–Crippen LogP) is 2.25. The van der Waals surface area contributed by atoms with E-state index in [4.69, 9.17) is 4.74 Å². The summed E-state index contributed by atoms with van der Waals surface area (Å²) in [5.41, 5.74) is 0. The maximum absolute atomic E-state index is 5.60. The highest BCUT2D eigenvalue weighted by atomic mass is 127. The molecule has 1 aliphatic heterocycles. The summed E-state index contributed by atoms with van der Waals surface area (Å²) in [6.07, 6.45) is 3.42. The summed E-state index contributed by atoms with van der Waals surface area (Å²) < 4.78 is 5.60. The normalized spacial score (nSPS) is 17.0. The molecule has 0 spiro atoms. The Labute approximate surface area is 178 Å². The van der Waals surface area contributed by atoms with E-state index in [0.717, 1.165) is 51.6 Å². The van der Waals surface area contributed by atoms with E-state index in [-0.39, 0.29) is 24.0 Å². The fraction of sp³-hybridized carbons (Fsp3) is 0.947. The third-order valence-electron chi connectivity index (χ3n) is 4.27. The lowest BCUT2D eigenvalue weighted by Crippen LogP contribution is -2.39. The van der Waals surface area contributed by atoms with Gasteiger partial charge in [-0.25, -0.2) is 0 Å². The topological polar surface area (TPSA) is 52.1 Å². The van der Waals surface area contributed by atoms with Crippen LogP contribution in [0.3, 0.4) is 0 Å². The van der Waals surface area contributed by atoms with Crippen molar-refractivity contribution < 1.29 is 4.74 Å². The van der Waals surface area contributed by atoms with E-state index in [2.05, 4.69) is 53.2 Å². The third kappa shape index (κ3) is 14.0. The van der Waals surface area contributed by atoms with Gasteiger partial charge in [0.05, 0.1) is 0 Å². The Kier molecular flexibility index (Phi) is 16.9. The van der Waals surface area contributed by atoms with E-state index in [9.17, 15) is 0 Å². The van der Waals surface area contributed by atoms with E-state index in [1.807, 2.05) is 0 Å². The molecule has 0 amide bonds. The van der Waals surface area contributed by atoms with Crippen LogP contribution in [0.1, 0.15) is 40.0 Å². The smallest absolute Gasteiger partial charge is 0.191 e. The molecule has 1 heterocycles. The molecule has 0 aliphatic carbocycles. The van der Waals surface area contributed by atoms with Gasteiger partial charge in [0.15, 0.2) is 5.96 Å². The summed E-state index contributed by atoms with van der Waals surface area (Å²) in [5, 5.41) is 6.78. The van der Waals surface area contributed by atoms with Crippen molar-refractivity contribution in [3.05, 3.63) is 0 Å². The molecule has 156 valence electrons. The molecule has 1 rings (SSSR count). The zero-order valence-corrected chi connectivity index (χ0v) is 19.8. The van der Waals surface area contributed by atoms with Crippen molar-refractivity contribution in [2.75, 3.05) is 72.6 Å². The van der Waals surface area contributed by atoms with E-state index in [0.29, 0.717) is 5.92 Å². The van der Waals surface area contributed by atoms with Gasteiger partial charge in [-0.15, -0.1) is 24.0 Å². The molecular formula is C19H42IN5O. The summed E-state index contributed by atoms with van der Waals surface area (Å²) in [5.74, 6) is 1.54. The second kappa shape index (κ2) is 17.0. The molecule has 0 aromatic rings. The van der Waals surface area contributed by atoms with Crippen LogP contribution < -0.4 is 10.6 Å². The van der Waals surface area contributed by atoms with Crippen LogP contribution >= 0.6 is 24.0 Å². The summed E-state index contributed by atoms with van der Waals surface area (Å²) in [4.78, 5) is 9.65. The van der Waals surface area contributed by atoms with Gasteiger partial charge in [-0.1, -0.05) is 13.8 Å². The Morgan fingerprint density at radius 3 is 2.65 bits per heavy atom. The number of nitrogens with zero attached hydrogens (tertiary/aromatic N) is 3. The van der Waals surface area contributed by atoms with Gasteiger partial charge >= 0.3 is 0 Å². The van der Waals surface area contributed by atoms with Crippen LogP contribution in [0.2, 0.25) is 0 Å². The lowest BCUT2D eigenvalue weighted by Gasteiger charge is -2.20. The standard InChI is InChI=1S/C19H41N5O.HI/c1-5-20-19(22-10-7-16-25-17-18(2)3)21-9-6-12-24-13-8-11-23(4)14-15-24;/h18H,5-17H2,1-4H3,(H2,20,21,22);1H. The lowest BCUT2D eigenvalue weighted by atomic mass is 10.2. The monoisotopic (exact) mass is 483 g/mol. The number of hydrogen-bond acceptors (Lipinski definition) is 4. The van der Waals surface area contributed by atoms with Gasteiger partial charge < -0.3 is 25.2 Å². The summed E-state index contributed by atoms with van der Waals surface area (Å²) in [6.45, 7) is 16.8. The molecule has 0 bridgehead atoms. The predicted molar refractivity (Wildman–Crippen MR) is 123 cm³/mol. The van der Waals surface area contributed by atoms with Crippen LogP contribution in [-0.4, -0.2) is 88.4 Å². The number of likely N-dealkylation sites (N-methyl/N-ethyl adjacent to an activating group) is 1. The van der Waals surface area contributed by atoms with Gasteiger partial charge in [0.1, 0.15) is 0 Å². The van der Waals surface area contributed by atoms with Crippen molar-refractivity contribution in [3.63, 3.8) is 0 Å². The molecule has 0 radical (unpaired) electrons. The molecule has 7 heteroatoms. The largest absolute Gasteiger partial charge is 0.381 e. The van der Waals surface area contributed by atoms with E-state index in [1.165, 1.54) is 39.1 Å². The summed E-state index contributed by atoms with van der Waals surface area (Å²) in [7, 11) is 2.22. The molecule has 1 saturated heterocycles. The van der Waals surface area contributed by atoms with Crippen molar-refractivity contribution in [1.29, 1.82) is 0 Å². The molecule has 0 unspecified atom stereocenters. The Hall–Kier alpha value is -0.120. The second-order valence-corrected chi connectivity index (χ2v) is 7.36. The number of aliphatic imine (C=N–C) groups is 1. The van der Waals surface area contributed by atoms with Crippen LogP contribution in [0, 0.1) is 5.92 Å². The van der Waals surface area contributed by atoms with Crippen molar-refractivity contribution in [2.24, 2.45) is 10.9 Å². The van der Waals surface area contributed by atoms with Crippen LogP contribution in [0.4, 0.5) is 0 Å². The third-order valence-corrected chi connectivity index (χ3v) is 4.27. The zero-order chi connectivity index (χ0) is 18.3. The Balaban J connectivity index is 0.00000625. The van der Waals surface area contributed by atoms with Gasteiger partial charge in [0.25, 0.3) is 0 Å². The second-order valence-electron chi connectivity index (χ2n) is 7.36. The molecule has 26 heavy (non-hydrogen) atoms. The first-order chi connectivity index (χ1) is 12.1. The molecular weight excluding hydrogens is 441 g/mol. The minimum atomic E-state index is 0. The number of hydrogen-bond donors (Lipinski definition) is 2. The van der Waals surface area contributed by atoms with Crippen molar-refractivity contribution in [1.82, 2.24) is 20.4 Å². The highest BCUT2D eigenvalue weighted by Gasteiger charge is 2.11. The van der Waals surface area contributed by atoms with Crippen molar-refractivity contribution in [2.45, 2.75) is 40.0 Å². The van der Waals surface area contributed by atoms with E-state index in [1.54, 1.807) is 0 Å². The van der Waals surface area contributed by atoms with Crippen LogP contribution in [-0.2, 0) is 4.74 Å². The molecule has 0 saturated carbocycles. The molecule has 0 atom stereocenters. The molecule has 1 fully saturated rings. The van der Waals surface area contributed by atoms with Crippen LogP contribution in [0.15, 0.2) is 4.99 Å². The molecule has 0 aromatic heterocycles. The summed E-state index contributed by atoms with van der Waals surface area (Å²) in [6, 6.07) is 0. The molecule has 2 N–H and O–H groups in total. The van der Waals surface area contributed by atoms with E-state index >= 15 is 0 Å². The number of nitrogens with one attached hydrogen (secondary N) is 2. The average molecular weight is 483 g/mol. The van der Waals surface area contributed by atoms with Crippen LogP contribution in [0.25, 0.3) is 0 Å². The SMILES string of the molecule is CCNC(=NCCCOCC(C)C)NCCCN1CCCN(C)CC1.I. The Bertz CT molecular complexity index is 355. The number of rotatable bonds is 11. The number of halogens is 1.